The fourth-order valence-electron chi connectivity index (χ4n) is 2.43. The molecule has 2 aromatic carbocycles. The fraction of sp³-hybridized carbons (Fsp3) is 0.381. The molecule has 2 rings (SSSR count). The van der Waals surface area contributed by atoms with Crippen LogP contribution in [0.3, 0.4) is 0 Å². The van der Waals surface area contributed by atoms with Gasteiger partial charge in [0.25, 0.3) is 5.91 Å². The van der Waals surface area contributed by atoms with Crippen LogP contribution in [0.25, 0.3) is 0 Å². The summed E-state index contributed by atoms with van der Waals surface area (Å²) in [7, 11) is 0. The van der Waals surface area contributed by atoms with Gasteiger partial charge in [0, 0.05) is 5.56 Å². The van der Waals surface area contributed by atoms with Gasteiger partial charge in [-0.05, 0) is 62.2 Å². The van der Waals surface area contributed by atoms with Crippen molar-refractivity contribution >= 4 is 5.91 Å². The van der Waals surface area contributed by atoms with E-state index in [1.807, 2.05) is 38.1 Å². The molecule has 1 amide bonds. The Balaban J connectivity index is 1.72. The van der Waals surface area contributed by atoms with E-state index in [0.717, 1.165) is 24.3 Å². The molecule has 0 heterocycles. The second-order valence-corrected chi connectivity index (χ2v) is 6.19. The summed E-state index contributed by atoms with van der Waals surface area (Å²) in [5.41, 5.74) is 1.92. The number of aryl methyl sites for hydroxylation is 1. The van der Waals surface area contributed by atoms with Crippen molar-refractivity contribution in [2.45, 2.75) is 39.7 Å². The number of nitrogens with one attached hydrogen (secondary N) is 1. The van der Waals surface area contributed by atoms with Crippen molar-refractivity contribution in [3.63, 3.8) is 0 Å². The Morgan fingerprint density at radius 2 is 1.64 bits per heavy atom. The molecule has 0 aliphatic heterocycles. The Bertz CT molecular complexity index is 648. The third-order valence-electron chi connectivity index (χ3n) is 3.61. The Kier molecular flexibility index (Phi) is 7.33. The standard InChI is InChI=1S/C21H27NO3/c1-4-5-17-6-10-19(11-7-17)24-15-14-22-21(23)18-8-12-20(13-9-18)25-16(2)3/h6-13,16H,4-5,14-15H2,1-3H3,(H,22,23). The fourth-order valence-corrected chi connectivity index (χ4v) is 2.43. The normalized spacial score (nSPS) is 10.6. The molecule has 0 aromatic heterocycles. The molecule has 0 radical (unpaired) electrons. The summed E-state index contributed by atoms with van der Waals surface area (Å²) in [5.74, 6) is 1.48. The van der Waals surface area contributed by atoms with Crippen LogP contribution < -0.4 is 14.8 Å². The second kappa shape index (κ2) is 9.72. The molecule has 4 nitrogen and oxygen atoms in total. The van der Waals surface area contributed by atoms with Gasteiger partial charge in [-0.3, -0.25) is 4.79 Å². The molecule has 134 valence electrons. The minimum atomic E-state index is -0.113. The number of rotatable bonds is 9. The molecule has 0 unspecified atom stereocenters. The predicted molar refractivity (Wildman–Crippen MR) is 100 cm³/mol. The average molecular weight is 341 g/mol. The molecular formula is C21H27NO3. The van der Waals surface area contributed by atoms with Crippen LogP contribution in [0.2, 0.25) is 0 Å². The average Bonchev–Trinajstić information content (AvgIpc) is 2.60. The number of amides is 1. The molecule has 0 aliphatic rings. The van der Waals surface area contributed by atoms with Crippen LogP contribution in [0.4, 0.5) is 0 Å². The first kappa shape index (κ1) is 18.8. The topological polar surface area (TPSA) is 47.6 Å². The van der Waals surface area contributed by atoms with Gasteiger partial charge in [0.2, 0.25) is 0 Å². The van der Waals surface area contributed by atoms with Gasteiger partial charge < -0.3 is 14.8 Å². The Labute approximate surface area is 150 Å². The van der Waals surface area contributed by atoms with Gasteiger partial charge in [-0.15, -0.1) is 0 Å². The van der Waals surface area contributed by atoms with E-state index in [-0.39, 0.29) is 12.0 Å². The van der Waals surface area contributed by atoms with Crippen LogP contribution in [0.5, 0.6) is 11.5 Å². The van der Waals surface area contributed by atoms with Crippen molar-refractivity contribution in [2.24, 2.45) is 0 Å². The lowest BCUT2D eigenvalue weighted by Crippen LogP contribution is -2.28. The van der Waals surface area contributed by atoms with Gasteiger partial charge in [0.15, 0.2) is 0 Å². The van der Waals surface area contributed by atoms with Crippen molar-refractivity contribution in [1.29, 1.82) is 0 Å². The number of carbonyl (C=O) groups excluding carboxylic acids is 1. The van der Waals surface area contributed by atoms with E-state index in [4.69, 9.17) is 9.47 Å². The van der Waals surface area contributed by atoms with Gasteiger partial charge in [0.05, 0.1) is 12.6 Å². The summed E-state index contributed by atoms with van der Waals surface area (Å²) in [5, 5.41) is 2.86. The lowest BCUT2D eigenvalue weighted by atomic mass is 10.1. The van der Waals surface area contributed by atoms with Gasteiger partial charge in [0.1, 0.15) is 18.1 Å². The molecule has 0 bridgehead atoms. The molecule has 0 atom stereocenters. The van der Waals surface area contributed by atoms with Gasteiger partial charge >= 0.3 is 0 Å². The van der Waals surface area contributed by atoms with Crippen molar-refractivity contribution in [3.8, 4) is 11.5 Å². The summed E-state index contributed by atoms with van der Waals surface area (Å²) in [6.07, 6.45) is 2.33. The van der Waals surface area contributed by atoms with Crippen LogP contribution in [0.15, 0.2) is 48.5 Å². The maximum absolute atomic E-state index is 12.1. The molecule has 1 N–H and O–H groups in total. The third-order valence-corrected chi connectivity index (χ3v) is 3.61. The highest BCUT2D eigenvalue weighted by Gasteiger charge is 2.06. The maximum atomic E-state index is 12.1. The molecular weight excluding hydrogens is 314 g/mol. The largest absolute Gasteiger partial charge is 0.492 e. The Morgan fingerprint density at radius 1 is 1.00 bits per heavy atom. The number of hydrogen-bond acceptors (Lipinski definition) is 3. The van der Waals surface area contributed by atoms with Crippen LogP contribution in [0, 0.1) is 0 Å². The van der Waals surface area contributed by atoms with E-state index in [2.05, 4.69) is 24.4 Å². The molecule has 2 aromatic rings. The van der Waals surface area contributed by atoms with Crippen molar-refractivity contribution < 1.29 is 14.3 Å². The molecule has 0 fully saturated rings. The minimum absolute atomic E-state index is 0.113. The first-order valence-electron chi connectivity index (χ1n) is 8.85. The van der Waals surface area contributed by atoms with E-state index in [9.17, 15) is 4.79 Å². The van der Waals surface area contributed by atoms with Crippen molar-refractivity contribution in [2.75, 3.05) is 13.2 Å². The van der Waals surface area contributed by atoms with Crippen molar-refractivity contribution in [1.82, 2.24) is 5.32 Å². The molecule has 4 heteroatoms. The minimum Gasteiger partial charge on any atom is -0.492 e. The highest BCUT2D eigenvalue weighted by Crippen LogP contribution is 2.14. The number of ether oxygens (including phenoxy) is 2. The van der Waals surface area contributed by atoms with Crippen LogP contribution in [0.1, 0.15) is 43.1 Å². The Hall–Kier alpha value is -2.49. The molecule has 0 aliphatic carbocycles. The highest BCUT2D eigenvalue weighted by molar-refractivity contribution is 5.94. The molecule has 25 heavy (non-hydrogen) atoms. The van der Waals surface area contributed by atoms with E-state index in [0.29, 0.717) is 18.7 Å². The molecule has 0 saturated carbocycles. The zero-order chi connectivity index (χ0) is 18.1. The lowest BCUT2D eigenvalue weighted by Gasteiger charge is -2.11. The first-order chi connectivity index (χ1) is 12.1. The highest BCUT2D eigenvalue weighted by atomic mass is 16.5. The number of benzene rings is 2. The first-order valence-corrected chi connectivity index (χ1v) is 8.85. The molecule has 0 spiro atoms. The van der Waals surface area contributed by atoms with Crippen LogP contribution >= 0.6 is 0 Å². The summed E-state index contributed by atoms with van der Waals surface area (Å²) in [4.78, 5) is 12.1. The van der Waals surface area contributed by atoms with E-state index in [1.54, 1.807) is 12.1 Å². The van der Waals surface area contributed by atoms with E-state index < -0.39 is 0 Å². The number of hydrogen-bond donors (Lipinski definition) is 1. The van der Waals surface area contributed by atoms with Crippen LogP contribution in [-0.2, 0) is 6.42 Å². The van der Waals surface area contributed by atoms with Gasteiger partial charge in [-0.25, -0.2) is 0 Å². The second-order valence-electron chi connectivity index (χ2n) is 6.19. The van der Waals surface area contributed by atoms with Gasteiger partial charge in [-0.1, -0.05) is 25.5 Å². The molecule has 0 saturated heterocycles. The summed E-state index contributed by atoms with van der Waals surface area (Å²) < 4.78 is 11.2. The van der Waals surface area contributed by atoms with Gasteiger partial charge in [-0.2, -0.15) is 0 Å². The number of carbonyl (C=O) groups is 1. The van der Waals surface area contributed by atoms with Crippen molar-refractivity contribution in [3.05, 3.63) is 59.7 Å². The monoisotopic (exact) mass is 341 g/mol. The van der Waals surface area contributed by atoms with Crippen LogP contribution in [-0.4, -0.2) is 25.2 Å². The maximum Gasteiger partial charge on any atom is 0.251 e. The van der Waals surface area contributed by atoms with E-state index >= 15 is 0 Å². The third kappa shape index (κ3) is 6.49. The zero-order valence-corrected chi connectivity index (χ0v) is 15.2. The predicted octanol–water partition coefficient (Wildman–Crippen LogP) is 4.24. The SMILES string of the molecule is CCCc1ccc(OCCNC(=O)c2ccc(OC(C)C)cc2)cc1. The lowest BCUT2D eigenvalue weighted by molar-refractivity contribution is 0.0947. The quantitative estimate of drug-likeness (QED) is 0.694. The Morgan fingerprint density at radius 3 is 2.24 bits per heavy atom. The summed E-state index contributed by atoms with van der Waals surface area (Å²) >= 11 is 0. The zero-order valence-electron chi connectivity index (χ0n) is 15.2. The summed E-state index contributed by atoms with van der Waals surface area (Å²) in [6, 6.07) is 15.3. The smallest absolute Gasteiger partial charge is 0.251 e. The van der Waals surface area contributed by atoms with E-state index in [1.165, 1.54) is 5.56 Å². The summed E-state index contributed by atoms with van der Waals surface area (Å²) in [6.45, 7) is 7.00.